The lowest BCUT2D eigenvalue weighted by atomic mass is 10.1. The molecule has 0 bridgehead atoms. The first-order valence-corrected chi connectivity index (χ1v) is 12.3. The number of aromatic carboxylic acids is 1. The number of hydrogen-bond acceptors (Lipinski definition) is 12. The number of nitro groups is 1. The predicted octanol–water partition coefficient (Wildman–Crippen LogP) is 5.68. The van der Waals surface area contributed by atoms with Crippen LogP contribution in [0.25, 0.3) is 11.3 Å². The Kier molecular flexibility index (Phi) is 7.95. The molecular formula is C28H22N8O6. The third kappa shape index (κ3) is 6.81. The molecule has 14 nitrogen and oxygen atoms in total. The number of anilines is 5. The van der Waals surface area contributed by atoms with Crippen molar-refractivity contribution in [1.82, 2.24) is 15.0 Å². The molecule has 0 fully saturated rings. The molecule has 0 saturated carbocycles. The molecule has 3 aromatic carbocycles. The van der Waals surface area contributed by atoms with Crippen molar-refractivity contribution in [3.8, 4) is 17.1 Å². The van der Waals surface area contributed by atoms with E-state index in [0.29, 0.717) is 34.2 Å². The van der Waals surface area contributed by atoms with Crippen LogP contribution in [0.5, 0.6) is 5.75 Å². The highest BCUT2D eigenvalue weighted by Crippen LogP contribution is 2.24. The van der Waals surface area contributed by atoms with Crippen molar-refractivity contribution in [2.24, 2.45) is 5.10 Å². The summed E-state index contributed by atoms with van der Waals surface area (Å²) in [7, 11) is 1.57. The van der Waals surface area contributed by atoms with Crippen molar-refractivity contribution in [2.75, 3.05) is 23.2 Å². The number of carboxylic acid groups (broad SMARTS) is 1. The van der Waals surface area contributed by atoms with Gasteiger partial charge in [0.25, 0.3) is 5.69 Å². The number of benzene rings is 3. The van der Waals surface area contributed by atoms with E-state index in [1.807, 2.05) is 0 Å². The van der Waals surface area contributed by atoms with Crippen LogP contribution >= 0.6 is 0 Å². The highest BCUT2D eigenvalue weighted by atomic mass is 16.6. The minimum absolute atomic E-state index is 0.0480. The topological polar surface area (TPSA) is 190 Å². The molecule has 0 amide bonds. The number of aromatic nitrogens is 3. The van der Waals surface area contributed by atoms with E-state index in [0.717, 1.165) is 0 Å². The second-order valence-electron chi connectivity index (χ2n) is 8.54. The molecule has 0 spiro atoms. The Morgan fingerprint density at radius 2 is 1.48 bits per heavy atom. The van der Waals surface area contributed by atoms with Gasteiger partial charge in [0.05, 0.1) is 23.8 Å². The van der Waals surface area contributed by atoms with Gasteiger partial charge in [-0.15, -0.1) is 0 Å². The highest BCUT2D eigenvalue weighted by molar-refractivity contribution is 5.88. The van der Waals surface area contributed by atoms with Gasteiger partial charge < -0.3 is 24.9 Å². The average Bonchev–Trinajstić information content (AvgIpc) is 3.47. The van der Waals surface area contributed by atoms with Gasteiger partial charge in [-0.2, -0.15) is 20.1 Å². The number of carbonyl (C=O) groups is 1. The van der Waals surface area contributed by atoms with Crippen LogP contribution in [0, 0.1) is 10.1 Å². The van der Waals surface area contributed by atoms with Gasteiger partial charge in [-0.3, -0.25) is 10.1 Å². The Morgan fingerprint density at radius 1 is 0.881 bits per heavy atom. The van der Waals surface area contributed by atoms with Crippen molar-refractivity contribution in [1.29, 1.82) is 0 Å². The molecule has 2 aromatic heterocycles. The lowest BCUT2D eigenvalue weighted by molar-refractivity contribution is -0.384. The Hall–Kier alpha value is -6.31. The van der Waals surface area contributed by atoms with E-state index in [1.165, 1.54) is 42.6 Å². The molecule has 0 aliphatic rings. The van der Waals surface area contributed by atoms with Crippen LogP contribution in [-0.4, -0.2) is 44.3 Å². The summed E-state index contributed by atoms with van der Waals surface area (Å²) in [5, 5.41) is 30.3. The largest absolute Gasteiger partial charge is 0.497 e. The lowest BCUT2D eigenvalue weighted by Crippen LogP contribution is -2.07. The number of rotatable bonds is 11. The van der Waals surface area contributed by atoms with Crippen LogP contribution in [0.15, 0.2) is 94.4 Å². The molecule has 42 heavy (non-hydrogen) atoms. The summed E-state index contributed by atoms with van der Waals surface area (Å²) >= 11 is 0. The molecule has 0 aliphatic carbocycles. The monoisotopic (exact) mass is 566 g/mol. The molecule has 210 valence electrons. The molecule has 0 unspecified atom stereocenters. The number of nitro benzene ring substituents is 1. The van der Waals surface area contributed by atoms with Gasteiger partial charge in [0.2, 0.25) is 17.8 Å². The van der Waals surface area contributed by atoms with Crippen molar-refractivity contribution in [2.45, 2.75) is 0 Å². The van der Waals surface area contributed by atoms with Crippen LogP contribution < -0.4 is 20.8 Å². The molecule has 0 radical (unpaired) electrons. The van der Waals surface area contributed by atoms with E-state index in [1.54, 1.807) is 55.6 Å². The van der Waals surface area contributed by atoms with Gasteiger partial charge in [0.15, 0.2) is 0 Å². The summed E-state index contributed by atoms with van der Waals surface area (Å²) < 4.78 is 11.0. The third-order valence-electron chi connectivity index (χ3n) is 5.72. The van der Waals surface area contributed by atoms with Crippen LogP contribution in [0.1, 0.15) is 16.1 Å². The number of ether oxygens (including phenoxy) is 1. The predicted molar refractivity (Wildman–Crippen MR) is 155 cm³/mol. The number of nitrogens with one attached hydrogen (secondary N) is 3. The fourth-order valence-electron chi connectivity index (χ4n) is 3.64. The summed E-state index contributed by atoms with van der Waals surface area (Å²) in [6, 6.07) is 22.7. The van der Waals surface area contributed by atoms with E-state index in [2.05, 4.69) is 36.1 Å². The third-order valence-corrected chi connectivity index (χ3v) is 5.72. The summed E-state index contributed by atoms with van der Waals surface area (Å²) in [5.74, 6) is 1.08. The van der Waals surface area contributed by atoms with Gasteiger partial charge in [-0.25, -0.2) is 10.2 Å². The quantitative estimate of drug-likeness (QED) is 0.0870. The van der Waals surface area contributed by atoms with E-state index < -0.39 is 10.9 Å². The Labute approximate surface area is 237 Å². The fourth-order valence-corrected chi connectivity index (χ4v) is 3.64. The zero-order valence-electron chi connectivity index (χ0n) is 21.9. The van der Waals surface area contributed by atoms with Gasteiger partial charge in [0, 0.05) is 29.1 Å². The normalized spacial score (nSPS) is 10.8. The average molecular weight is 567 g/mol. The molecule has 0 saturated heterocycles. The maximum absolute atomic E-state index is 11.1. The second kappa shape index (κ2) is 12.3. The lowest BCUT2D eigenvalue weighted by Gasteiger charge is -2.10. The van der Waals surface area contributed by atoms with Gasteiger partial charge in [-0.05, 0) is 60.7 Å². The number of hydrogen-bond donors (Lipinski definition) is 4. The minimum Gasteiger partial charge on any atom is -0.497 e. The number of methoxy groups -OCH3 is 1. The van der Waals surface area contributed by atoms with Gasteiger partial charge in [-0.1, -0.05) is 12.1 Å². The highest BCUT2D eigenvalue weighted by Gasteiger charge is 2.10. The molecule has 14 heteroatoms. The van der Waals surface area contributed by atoms with E-state index in [-0.39, 0.29) is 29.1 Å². The smallest absolute Gasteiger partial charge is 0.335 e. The first kappa shape index (κ1) is 27.3. The summed E-state index contributed by atoms with van der Waals surface area (Å²) in [4.78, 5) is 34.6. The second-order valence-corrected chi connectivity index (χ2v) is 8.54. The minimum atomic E-state index is -1.01. The first-order chi connectivity index (χ1) is 20.4. The summed E-state index contributed by atoms with van der Waals surface area (Å²) in [6.07, 6.45) is 1.43. The molecule has 0 atom stereocenters. The molecule has 4 N–H and O–H groups in total. The zero-order valence-corrected chi connectivity index (χ0v) is 21.9. The SMILES string of the molecule is COc1ccc(Nc2nc(N/N=C\c3ccc(-c4ccc(C(=O)O)cc4)o3)nc(Nc3ccc([N+](=O)[O-])cc3)n2)cc1. The molecule has 0 aliphatic heterocycles. The van der Waals surface area contributed by atoms with Crippen LogP contribution in [0.3, 0.4) is 0 Å². The standard InChI is InChI=1S/C28H22N8O6/c1-41-22-12-8-20(9-13-22)31-27-32-26(30-19-6-10-21(11-7-19)36(39)40)33-28(34-27)35-29-16-23-14-15-24(42-23)17-2-4-18(5-3-17)25(37)38/h2-16H,1H3,(H,37,38)(H3,30,31,32,33,34,35)/b29-16-. The number of nitrogens with zero attached hydrogens (tertiary/aromatic N) is 5. The van der Waals surface area contributed by atoms with E-state index >= 15 is 0 Å². The maximum Gasteiger partial charge on any atom is 0.335 e. The van der Waals surface area contributed by atoms with Crippen LogP contribution in [0.2, 0.25) is 0 Å². The Balaban J connectivity index is 1.34. The molecule has 5 rings (SSSR count). The van der Waals surface area contributed by atoms with Crippen molar-refractivity contribution in [3.05, 3.63) is 106 Å². The summed E-state index contributed by atoms with van der Waals surface area (Å²) in [5.41, 5.74) is 4.80. The summed E-state index contributed by atoms with van der Waals surface area (Å²) in [6.45, 7) is 0. The number of hydrazone groups is 1. The van der Waals surface area contributed by atoms with Crippen LogP contribution in [0.4, 0.5) is 34.9 Å². The van der Waals surface area contributed by atoms with Gasteiger partial charge in [0.1, 0.15) is 17.3 Å². The molecule has 2 heterocycles. The van der Waals surface area contributed by atoms with Gasteiger partial charge >= 0.3 is 5.97 Å². The van der Waals surface area contributed by atoms with E-state index in [4.69, 9.17) is 14.3 Å². The number of furan rings is 1. The molecular weight excluding hydrogens is 544 g/mol. The zero-order chi connectivity index (χ0) is 29.5. The van der Waals surface area contributed by atoms with Crippen molar-refractivity contribution in [3.63, 3.8) is 0 Å². The number of carboxylic acids is 1. The van der Waals surface area contributed by atoms with Crippen molar-refractivity contribution >= 4 is 47.1 Å². The van der Waals surface area contributed by atoms with Crippen LogP contribution in [-0.2, 0) is 0 Å². The molecule has 5 aromatic rings. The fraction of sp³-hybridized carbons (Fsp3) is 0.0357. The Morgan fingerprint density at radius 3 is 2.05 bits per heavy atom. The number of non-ortho nitro benzene ring substituents is 1. The Bertz CT molecular complexity index is 1740. The maximum atomic E-state index is 11.1. The first-order valence-electron chi connectivity index (χ1n) is 12.3. The van der Waals surface area contributed by atoms with Crippen molar-refractivity contribution < 1.29 is 24.0 Å². The van der Waals surface area contributed by atoms with E-state index in [9.17, 15) is 14.9 Å².